The Balaban J connectivity index is 2.56. The summed E-state index contributed by atoms with van der Waals surface area (Å²) in [7, 11) is 0. The van der Waals surface area contributed by atoms with Crippen LogP contribution in [0.2, 0.25) is 0 Å². The maximum Gasteiger partial charge on any atom is 0.222 e. The van der Waals surface area contributed by atoms with Crippen molar-refractivity contribution in [2.24, 2.45) is 0 Å². The largest absolute Gasteiger partial charge is 0.396 e. The molecule has 1 aromatic carbocycles. The third-order valence-electron chi connectivity index (χ3n) is 3.14. The monoisotopic (exact) mass is 263 g/mol. The number of aliphatic hydroxyl groups excluding tert-OH is 1. The summed E-state index contributed by atoms with van der Waals surface area (Å²) < 4.78 is 0. The highest BCUT2D eigenvalue weighted by Gasteiger charge is 2.12. The number of carbonyl (C=O) groups excluding carboxylic acids is 1. The van der Waals surface area contributed by atoms with Crippen LogP contribution in [0.15, 0.2) is 24.3 Å². The second kappa shape index (κ2) is 8.70. The first kappa shape index (κ1) is 15.7. The number of rotatable bonds is 8. The first-order valence-electron chi connectivity index (χ1n) is 7.11. The van der Waals surface area contributed by atoms with Crippen LogP contribution in [-0.4, -0.2) is 29.1 Å². The van der Waals surface area contributed by atoms with E-state index in [1.165, 1.54) is 11.1 Å². The summed E-state index contributed by atoms with van der Waals surface area (Å²) in [6.45, 7) is 5.80. The van der Waals surface area contributed by atoms with Gasteiger partial charge >= 0.3 is 0 Å². The topological polar surface area (TPSA) is 40.5 Å². The van der Waals surface area contributed by atoms with E-state index >= 15 is 0 Å². The Bertz CT molecular complexity index is 373. The summed E-state index contributed by atoms with van der Waals surface area (Å²) in [5.41, 5.74) is 2.41. The molecule has 1 N–H and O–H groups in total. The molecule has 19 heavy (non-hydrogen) atoms. The predicted octanol–water partition coefficient (Wildman–Crippen LogP) is 2.90. The normalized spacial score (nSPS) is 10.5. The van der Waals surface area contributed by atoms with Crippen molar-refractivity contribution in [1.29, 1.82) is 0 Å². The Morgan fingerprint density at radius 1 is 1.21 bits per heavy atom. The van der Waals surface area contributed by atoms with E-state index in [-0.39, 0.29) is 12.5 Å². The van der Waals surface area contributed by atoms with Crippen molar-refractivity contribution in [2.45, 2.75) is 46.1 Å². The van der Waals surface area contributed by atoms with E-state index in [4.69, 9.17) is 5.11 Å². The number of unbranched alkanes of at least 4 members (excludes halogenated alkanes) is 1. The zero-order valence-electron chi connectivity index (χ0n) is 12.1. The van der Waals surface area contributed by atoms with Gasteiger partial charge in [-0.25, -0.2) is 0 Å². The lowest BCUT2D eigenvalue weighted by Crippen LogP contribution is -2.31. The van der Waals surface area contributed by atoms with Gasteiger partial charge in [-0.15, -0.1) is 0 Å². The van der Waals surface area contributed by atoms with Crippen LogP contribution in [0.25, 0.3) is 0 Å². The van der Waals surface area contributed by atoms with Gasteiger partial charge in [-0.05, 0) is 31.7 Å². The second-order valence-electron chi connectivity index (χ2n) is 4.98. The van der Waals surface area contributed by atoms with Crippen LogP contribution in [0.5, 0.6) is 0 Å². The third kappa shape index (κ3) is 5.88. The molecule has 0 aliphatic heterocycles. The first-order valence-corrected chi connectivity index (χ1v) is 7.11. The highest BCUT2D eigenvalue weighted by molar-refractivity contribution is 5.76. The Kier molecular flexibility index (Phi) is 7.19. The molecule has 0 unspecified atom stereocenters. The molecule has 0 bridgehead atoms. The average Bonchev–Trinajstić information content (AvgIpc) is 2.41. The number of amides is 1. The zero-order chi connectivity index (χ0) is 14.1. The maximum absolute atomic E-state index is 12.1. The number of nitrogens with zero attached hydrogens (tertiary/aromatic N) is 1. The number of aliphatic hydroxyl groups is 1. The molecule has 0 spiro atoms. The van der Waals surface area contributed by atoms with Crippen molar-refractivity contribution in [3.8, 4) is 0 Å². The van der Waals surface area contributed by atoms with Gasteiger partial charge in [-0.2, -0.15) is 0 Å². The lowest BCUT2D eigenvalue weighted by Gasteiger charge is -2.22. The SMILES string of the molecule is CCCN(Cc1ccc(C)cc1)C(=O)CCCCO. The summed E-state index contributed by atoms with van der Waals surface area (Å²) >= 11 is 0. The summed E-state index contributed by atoms with van der Waals surface area (Å²) in [4.78, 5) is 14.0. The number of hydrogen-bond acceptors (Lipinski definition) is 2. The molecule has 0 saturated heterocycles. The van der Waals surface area contributed by atoms with Crippen LogP contribution in [0.1, 0.15) is 43.7 Å². The molecule has 0 aliphatic rings. The minimum absolute atomic E-state index is 0.166. The summed E-state index contributed by atoms with van der Waals surface area (Å²) in [6, 6.07) is 8.32. The minimum atomic E-state index is 0.166. The molecule has 3 heteroatoms. The van der Waals surface area contributed by atoms with Gasteiger partial charge in [-0.1, -0.05) is 36.8 Å². The molecule has 0 radical (unpaired) electrons. The van der Waals surface area contributed by atoms with Crippen molar-refractivity contribution in [2.75, 3.05) is 13.2 Å². The Labute approximate surface area is 116 Å². The molecule has 1 aromatic rings. The molecule has 0 saturated carbocycles. The van der Waals surface area contributed by atoms with Crippen molar-refractivity contribution in [3.05, 3.63) is 35.4 Å². The Hall–Kier alpha value is -1.35. The van der Waals surface area contributed by atoms with E-state index in [2.05, 4.69) is 38.1 Å². The fraction of sp³-hybridized carbons (Fsp3) is 0.562. The van der Waals surface area contributed by atoms with E-state index in [1.54, 1.807) is 0 Å². The molecule has 0 aromatic heterocycles. The van der Waals surface area contributed by atoms with Gasteiger partial charge < -0.3 is 10.0 Å². The highest BCUT2D eigenvalue weighted by atomic mass is 16.3. The average molecular weight is 263 g/mol. The van der Waals surface area contributed by atoms with Crippen LogP contribution in [0.4, 0.5) is 0 Å². The molecular weight excluding hydrogens is 238 g/mol. The lowest BCUT2D eigenvalue weighted by atomic mass is 10.1. The molecule has 0 atom stereocenters. The van der Waals surface area contributed by atoms with Crippen LogP contribution in [0.3, 0.4) is 0 Å². The van der Waals surface area contributed by atoms with Crippen LogP contribution in [-0.2, 0) is 11.3 Å². The Morgan fingerprint density at radius 3 is 2.47 bits per heavy atom. The maximum atomic E-state index is 12.1. The van der Waals surface area contributed by atoms with Gasteiger partial charge in [0.2, 0.25) is 5.91 Å². The third-order valence-corrected chi connectivity index (χ3v) is 3.14. The number of carbonyl (C=O) groups is 1. The summed E-state index contributed by atoms with van der Waals surface area (Å²) in [6.07, 6.45) is 2.98. The number of aryl methyl sites for hydroxylation is 1. The van der Waals surface area contributed by atoms with Gasteiger partial charge in [-0.3, -0.25) is 4.79 Å². The fourth-order valence-corrected chi connectivity index (χ4v) is 2.02. The van der Waals surface area contributed by atoms with E-state index in [9.17, 15) is 4.79 Å². The van der Waals surface area contributed by atoms with E-state index in [1.807, 2.05) is 4.90 Å². The van der Waals surface area contributed by atoms with E-state index in [0.29, 0.717) is 19.4 Å². The van der Waals surface area contributed by atoms with Gasteiger partial charge in [0, 0.05) is 26.1 Å². The molecule has 1 amide bonds. The number of hydrogen-bond donors (Lipinski definition) is 1. The highest BCUT2D eigenvalue weighted by Crippen LogP contribution is 2.10. The van der Waals surface area contributed by atoms with Crippen LogP contribution >= 0.6 is 0 Å². The molecule has 3 nitrogen and oxygen atoms in total. The molecular formula is C16H25NO2. The standard InChI is InChI=1S/C16H25NO2/c1-3-11-17(16(19)6-4-5-12-18)13-15-9-7-14(2)8-10-15/h7-10,18H,3-6,11-13H2,1-2H3. The first-order chi connectivity index (χ1) is 9.17. The molecule has 0 heterocycles. The van der Waals surface area contributed by atoms with E-state index in [0.717, 1.165) is 19.4 Å². The van der Waals surface area contributed by atoms with Crippen molar-refractivity contribution in [1.82, 2.24) is 4.90 Å². The smallest absolute Gasteiger partial charge is 0.222 e. The molecule has 0 aliphatic carbocycles. The van der Waals surface area contributed by atoms with Crippen LogP contribution in [0, 0.1) is 6.92 Å². The zero-order valence-corrected chi connectivity index (χ0v) is 12.1. The lowest BCUT2D eigenvalue weighted by molar-refractivity contribution is -0.132. The van der Waals surface area contributed by atoms with Gasteiger partial charge in [0.15, 0.2) is 0 Å². The second-order valence-corrected chi connectivity index (χ2v) is 4.98. The molecule has 106 valence electrons. The van der Waals surface area contributed by atoms with Crippen LogP contribution < -0.4 is 0 Å². The van der Waals surface area contributed by atoms with Gasteiger partial charge in [0.05, 0.1) is 0 Å². The summed E-state index contributed by atoms with van der Waals surface area (Å²) in [5.74, 6) is 0.191. The van der Waals surface area contributed by atoms with Crippen molar-refractivity contribution in [3.63, 3.8) is 0 Å². The van der Waals surface area contributed by atoms with Gasteiger partial charge in [0.1, 0.15) is 0 Å². The quantitative estimate of drug-likeness (QED) is 0.733. The van der Waals surface area contributed by atoms with Gasteiger partial charge in [0.25, 0.3) is 0 Å². The fourth-order valence-electron chi connectivity index (χ4n) is 2.02. The molecule has 0 fully saturated rings. The molecule has 1 rings (SSSR count). The summed E-state index contributed by atoms with van der Waals surface area (Å²) in [5, 5.41) is 8.76. The minimum Gasteiger partial charge on any atom is -0.396 e. The predicted molar refractivity (Wildman–Crippen MR) is 77.8 cm³/mol. The Morgan fingerprint density at radius 2 is 1.89 bits per heavy atom. The van der Waals surface area contributed by atoms with Crippen molar-refractivity contribution >= 4 is 5.91 Å². The number of benzene rings is 1. The van der Waals surface area contributed by atoms with E-state index < -0.39 is 0 Å². The van der Waals surface area contributed by atoms with Crippen molar-refractivity contribution < 1.29 is 9.90 Å².